The van der Waals surface area contributed by atoms with Gasteiger partial charge >= 0.3 is 0 Å². The average Bonchev–Trinajstić information content (AvgIpc) is 3.59. The van der Waals surface area contributed by atoms with Gasteiger partial charge in [-0.1, -0.05) is 42.5 Å². The lowest BCUT2D eigenvalue weighted by atomic mass is 9.90. The molecule has 2 heterocycles. The number of para-hydroxylation sites is 1. The molecular weight excluding hydrogens is 410 g/mol. The van der Waals surface area contributed by atoms with Crippen molar-refractivity contribution in [2.24, 2.45) is 5.92 Å². The first kappa shape index (κ1) is 21.7. The van der Waals surface area contributed by atoms with Gasteiger partial charge in [-0.15, -0.1) is 0 Å². The number of H-pyrrole nitrogens is 1. The second-order valence-electron chi connectivity index (χ2n) is 9.76. The summed E-state index contributed by atoms with van der Waals surface area (Å²) >= 11 is 0. The first-order valence-electron chi connectivity index (χ1n) is 12.2. The van der Waals surface area contributed by atoms with Gasteiger partial charge in [0.25, 0.3) is 0 Å². The monoisotopic (exact) mass is 443 g/mol. The number of nitrogens with one attached hydrogen (secondary N) is 1. The van der Waals surface area contributed by atoms with Crippen LogP contribution in [0, 0.1) is 5.92 Å². The number of rotatable bonds is 7. The lowest BCUT2D eigenvalue weighted by Gasteiger charge is -2.31. The van der Waals surface area contributed by atoms with Crippen molar-refractivity contribution >= 4 is 22.7 Å². The van der Waals surface area contributed by atoms with Gasteiger partial charge in [-0.3, -0.25) is 9.59 Å². The van der Waals surface area contributed by atoms with Crippen LogP contribution in [-0.4, -0.2) is 45.7 Å². The molecule has 2 aliphatic rings. The Hall–Kier alpha value is -3.08. The molecule has 1 aliphatic carbocycles. The predicted octanol–water partition coefficient (Wildman–Crippen LogP) is 4.70. The van der Waals surface area contributed by atoms with Crippen molar-refractivity contribution in [3.05, 3.63) is 71.4 Å². The molecule has 2 amide bonds. The van der Waals surface area contributed by atoms with E-state index in [1.54, 1.807) is 6.92 Å². The van der Waals surface area contributed by atoms with E-state index < -0.39 is 0 Å². The number of hydrogen-bond acceptors (Lipinski definition) is 2. The van der Waals surface area contributed by atoms with Gasteiger partial charge < -0.3 is 14.8 Å². The summed E-state index contributed by atoms with van der Waals surface area (Å²) in [6.45, 7) is 4.11. The molecule has 5 heteroatoms. The van der Waals surface area contributed by atoms with E-state index in [4.69, 9.17) is 0 Å². The predicted molar refractivity (Wildman–Crippen MR) is 131 cm³/mol. The normalized spacial score (nSPS) is 16.8. The lowest BCUT2D eigenvalue weighted by Crippen LogP contribution is -2.37. The highest BCUT2D eigenvalue weighted by molar-refractivity contribution is 5.89. The molecule has 1 aliphatic heterocycles. The number of aromatic amines is 1. The molecule has 1 aromatic heterocycles. The van der Waals surface area contributed by atoms with Gasteiger partial charge in [0.05, 0.1) is 6.42 Å². The number of amides is 2. The second-order valence-corrected chi connectivity index (χ2v) is 9.76. The van der Waals surface area contributed by atoms with E-state index in [1.165, 1.54) is 11.1 Å². The van der Waals surface area contributed by atoms with E-state index >= 15 is 0 Å². The largest absolute Gasteiger partial charge is 0.361 e. The van der Waals surface area contributed by atoms with Crippen LogP contribution < -0.4 is 0 Å². The first-order chi connectivity index (χ1) is 16.1. The van der Waals surface area contributed by atoms with Crippen molar-refractivity contribution in [1.82, 2.24) is 14.8 Å². The summed E-state index contributed by atoms with van der Waals surface area (Å²) in [6.07, 6.45) is 7.87. The molecule has 2 aromatic carbocycles. The molecule has 0 atom stereocenters. The van der Waals surface area contributed by atoms with Crippen LogP contribution in [0.3, 0.4) is 0 Å². The Balaban J connectivity index is 1.19. The smallest absolute Gasteiger partial charge is 0.227 e. The summed E-state index contributed by atoms with van der Waals surface area (Å²) < 4.78 is 0. The summed E-state index contributed by atoms with van der Waals surface area (Å²) in [5, 5.41) is 1.14. The van der Waals surface area contributed by atoms with Crippen molar-refractivity contribution in [3.8, 4) is 0 Å². The minimum atomic E-state index is 0.192. The molecule has 172 valence electrons. The topological polar surface area (TPSA) is 56.4 Å². The van der Waals surface area contributed by atoms with E-state index in [9.17, 15) is 9.59 Å². The number of carbonyl (C=O) groups excluding carboxylic acids is 2. The molecule has 0 bridgehead atoms. The lowest BCUT2D eigenvalue weighted by molar-refractivity contribution is -0.132. The fourth-order valence-corrected chi connectivity index (χ4v) is 5.11. The standard InChI is InChI=1S/C28H33N3O2/c1-20(32)30-14-12-22(13-15-30)16-21-6-8-23(9-7-21)19-31(25-10-11-25)28(33)17-24-18-29-27-5-3-2-4-26(24)27/h2-9,18,22,25,29H,10-17,19H2,1H3. The van der Waals surface area contributed by atoms with E-state index in [2.05, 4.69) is 46.3 Å². The molecule has 0 spiro atoms. The van der Waals surface area contributed by atoms with E-state index in [0.29, 0.717) is 24.9 Å². The highest BCUT2D eigenvalue weighted by Gasteiger charge is 2.32. The molecule has 5 rings (SSSR count). The molecule has 3 aromatic rings. The van der Waals surface area contributed by atoms with Crippen molar-refractivity contribution in [3.63, 3.8) is 0 Å². The van der Waals surface area contributed by atoms with Gasteiger partial charge in [0.1, 0.15) is 0 Å². The van der Waals surface area contributed by atoms with Crippen molar-refractivity contribution in [2.75, 3.05) is 13.1 Å². The summed E-state index contributed by atoms with van der Waals surface area (Å²) in [5.41, 5.74) is 4.71. The van der Waals surface area contributed by atoms with Crippen molar-refractivity contribution < 1.29 is 9.59 Å². The SMILES string of the molecule is CC(=O)N1CCC(Cc2ccc(CN(C(=O)Cc3c[nH]c4ccccc34)C3CC3)cc2)CC1. The Morgan fingerprint density at radius 3 is 2.36 bits per heavy atom. The molecule has 2 fully saturated rings. The zero-order valence-corrected chi connectivity index (χ0v) is 19.4. The van der Waals surface area contributed by atoms with Crippen LogP contribution in [0.5, 0.6) is 0 Å². The summed E-state index contributed by atoms with van der Waals surface area (Å²) in [4.78, 5) is 32.1. The molecule has 1 saturated heterocycles. The van der Waals surface area contributed by atoms with Gasteiger partial charge in [-0.2, -0.15) is 0 Å². The molecule has 5 nitrogen and oxygen atoms in total. The number of hydrogen-bond donors (Lipinski definition) is 1. The maximum Gasteiger partial charge on any atom is 0.227 e. The van der Waals surface area contributed by atoms with Crippen LogP contribution in [0.2, 0.25) is 0 Å². The van der Waals surface area contributed by atoms with Crippen LogP contribution in [0.4, 0.5) is 0 Å². The molecule has 33 heavy (non-hydrogen) atoms. The van der Waals surface area contributed by atoms with Crippen LogP contribution in [-0.2, 0) is 29.0 Å². The fraction of sp³-hybridized carbons (Fsp3) is 0.429. The van der Waals surface area contributed by atoms with Gasteiger partial charge in [-0.25, -0.2) is 0 Å². The third-order valence-electron chi connectivity index (χ3n) is 7.28. The maximum atomic E-state index is 13.2. The highest BCUT2D eigenvalue weighted by atomic mass is 16.2. The van der Waals surface area contributed by atoms with Gasteiger partial charge in [0.15, 0.2) is 0 Å². The van der Waals surface area contributed by atoms with Crippen LogP contribution >= 0.6 is 0 Å². The summed E-state index contributed by atoms with van der Waals surface area (Å²) in [5.74, 6) is 1.05. The molecule has 1 N–H and O–H groups in total. The summed E-state index contributed by atoms with van der Waals surface area (Å²) in [6, 6.07) is 17.4. The van der Waals surface area contributed by atoms with Crippen molar-refractivity contribution in [1.29, 1.82) is 0 Å². The minimum Gasteiger partial charge on any atom is -0.361 e. The Morgan fingerprint density at radius 1 is 0.970 bits per heavy atom. The van der Waals surface area contributed by atoms with Crippen molar-refractivity contribution in [2.45, 2.75) is 58.0 Å². The quantitative estimate of drug-likeness (QED) is 0.575. The molecule has 1 saturated carbocycles. The number of carbonyl (C=O) groups is 2. The fourth-order valence-electron chi connectivity index (χ4n) is 5.11. The van der Waals surface area contributed by atoms with Crippen LogP contribution in [0.25, 0.3) is 10.9 Å². The Labute approximate surface area is 195 Å². The first-order valence-corrected chi connectivity index (χ1v) is 12.2. The molecule has 0 radical (unpaired) electrons. The Kier molecular flexibility index (Phi) is 6.21. The van der Waals surface area contributed by atoms with Gasteiger partial charge in [0.2, 0.25) is 11.8 Å². The van der Waals surface area contributed by atoms with E-state index in [1.807, 2.05) is 23.2 Å². The van der Waals surface area contributed by atoms with E-state index in [0.717, 1.165) is 61.7 Å². The maximum absolute atomic E-state index is 13.2. The zero-order chi connectivity index (χ0) is 22.8. The third kappa shape index (κ3) is 5.13. The number of piperidine rings is 1. The number of likely N-dealkylation sites (tertiary alicyclic amines) is 1. The molecular formula is C28H33N3O2. The third-order valence-corrected chi connectivity index (χ3v) is 7.28. The van der Waals surface area contributed by atoms with Gasteiger partial charge in [-0.05, 0) is 60.8 Å². The number of aromatic nitrogens is 1. The second kappa shape index (κ2) is 9.42. The Bertz CT molecular complexity index is 1120. The molecule has 0 unspecified atom stereocenters. The minimum absolute atomic E-state index is 0.192. The van der Waals surface area contributed by atoms with Crippen LogP contribution in [0.1, 0.15) is 49.3 Å². The number of nitrogens with zero attached hydrogens (tertiary/aromatic N) is 2. The number of benzene rings is 2. The number of fused-ring (bicyclic) bond motifs is 1. The summed E-state index contributed by atoms with van der Waals surface area (Å²) in [7, 11) is 0. The highest BCUT2D eigenvalue weighted by Crippen LogP contribution is 2.30. The Morgan fingerprint density at radius 2 is 1.67 bits per heavy atom. The zero-order valence-electron chi connectivity index (χ0n) is 19.4. The van der Waals surface area contributed by atoms with E-state index in [-0.39, 0.29) is 11.8 Å². The average molecular weight is 444 g/mol. The van der Waals surface area contributed by atoms with Crippen LogP contribution in [0.15, 0.2) is 54.7 Å². The van der Waals surface area contributed by atoms with Gasteiger partial charge in [0, 0.05) is 49.7 Å².